The summed E-state index contributed by atoms with van der Waals surface area (Å²) < 4.78 is 0. The molecule has 0 radical (unpaired) electrons. The van der Waals surface area contributed by atoms with Gasteiger partial charge in [-0.05, 0) is 69.7 Å². The molecule has 3 fully saturated rings. The van der Waals surface area contributed by atoms with E-state index in [-0.39, 0.29) is 0 Å². The molecule has 1 aliphatic carbocycles. The normalized spacial score (nSPS) is 25.8. The summed E-state index contributed by atoms with van der Waals surface area (Å²) in [7, 11) is 2.09. The zero-order valence-corrected chi connectivity index (χ0v) is 15.4. The number of hydrogen-bond donors (Lipinski definition) is 1. The van der Waals surface area contributed by atoms with Crippen LogP contribution in [-0.4, -0.2) is 60.3 Å². The Hall–Kier alpha value is -1.69. The van der Waals surface area contributed by atoms with E-state index in [1.807, 2.05) is 19.1 Å². The molecule has 1 aromatic heterocycles. The number of likely N-dealkylation sites (tertiary alicyclic amines) is 1. The molecular weight excluding hydrogens is 314 g/mol. The lowest BCUT2D eigenvalue weighted by atomic mass is 9.91. The maximum absolute atomic E-state index is 12.9. The lowest BCUT2D eigenvalue weighted by molar-refractivity contribution is -0.134. The van der Waals surface area contributed by atoms with Crippen LogP contribution in [0.15, 0.2) is 12.1 Å². The zero-order chi connectivity index (χ0) is 17.4. The maximum Gasteiger partial charge on any atom is 0.226 e. The van der Waals surface area contributed by atoms with E-state index < -0.39 is 0 Å². The minimum Gasteiger partial charge on any atom is -0.355 e. The number of aryl methyl sites for hydroxylation is 1. The third kappa shape index (κ3) is 3.24. The Bertz CT molecular complexity index is 617. The van der Waals surface area contributed by atoms with E-state index in [9.17, 15) is 4.79 Å². The molecule has 1 unspecified atom stereocenters. The molecule has 3 aliphatic rings. The van der Waals surface area contributed by atoms with Crippen LogP contribution < -0.4 is 10.2 Å². The van der Waals surface area contributed by atoms with E-state index in [0.717, 1.165) is 57.0 Å². The molecule has 0 aromatic carbocycles. The van der Waals surface area contributed by atoms with E-state index in [4.69, 9.17) is 0 Å². The van der Waals surface area contributed by atoms with Gasteiger partial charge in [-0.15, -0.1) is 5.10 Å². The second-order valence-electron chi connectivity index (χ2n) is 8.07. The van der Waals surface area contributed by atoms with Gasteiger partial charge in [0.15, 0.2) is 5.82 Å². The van der Waals surface area contributed by atoms with Crippen LogP contribution in [-0.2, 0) is 4.79 Å². The van der Waals surface area contributed by atoms with Gasteiger partial charge in [-0.25, -0.2) is 0 Å². The van der Waals surface area contributed by atoms with Crippen LogP contribution in [0.4, 0.5) is 5.82 Å². The molecule has 1 atom stereocenters. The summed E-state index contributed by atoms with van der Waals surface area (Å²) in [5, 5.41) is 11.9. The Balaban J connectivity index is 1.31. The van der Waals surface area contributed by atoms with Crippen LogP contribution in [0.25, 0.3) is 0 Å². The highest BCUT2D eigenvalue weighted by atomic mass is 16.2. The van der Waals surface area contributed by atoms with Crippen molar-refractivity contribution in [2.24, 2.45) is 11.3 Å². The molecule has 4 rings (SSSR count). The summed E-state index contributed by atoms with van der Waals surface area (Å²) in [4.78, 5) is 17.2. The molecule has 2 saturated heterocycles. The third-order valence-corrected chi connectivity index (χ3v) is 6.56. The van der Waals surface area contributed by atoms with Crippen LogP contribution in [0.5, 0.6) is 0 Å². The Labute approximate surface area is 150 Å². The number of nitrogens with one attached hydrogen (secondary N) is 1. The Morgan fingerprint density at radius 3 is 2.60 bits per heavy atom. The van der Waals surface area contributed by atoms with E-state index in [0.29, 0.717) is 23.3 Å². The topological polar surface area (TPSA) is 61.4 Å². The molecule has 2 aliphatic heterocycles. The number of amides is 1. The van der Waals surface area contributed by atoms with Gasteiger partial charge in [0.25, 0.3) is 0 Å². The summed E-state index contributed by atoms with van der Waals surface area (Å²) in [6.45, 7) is 5.85. The van der Waals surface area contributed by atoms with Crippen LogP contribution in [0.3, 0.4) is 0 Å². The fourth-order valence-corrected chi connectivity index (χ4v) is 4.64. The van der Waals surface area contributed by atoms with E-state index in [2.05, 4.69) is 32.4 Å². The summed E-state index contributed by atoms with van der Waals surface area (Å²) >= 11 is 0. The molecular formula is C19H29N5O. The molecule has 1 amide bonds. The molecule has 1 saturated carbocycles. The number of aromatic nitrogens is 2. The number of rotatable bonds is 3. The van der Waals surface area contributed by atoms with Crippen LogP contribution in [0.1, 0.15) is 37.8 Å². The summed E-state index contributed by atoms with van der Waals surface area (Å²) in [6, 6.07) is 4.47. The summed E-state index contributed by atoms with van der Waals surface area (Å²) in [6.07, 6.45) is 5.49. The number of nitrogens with zero attached hydrogens (tertiary/aromatic N) is 4. The van der Waals surface area contributed by atoms with Crippen molar-refractivity contribution in [1.82, 2.24) is 20.4 Å². The molecule has 25 heavy (non-hydrogen) atoms. The van der Waals surface area contributed by atoms with Crippen molar-refractivity contribution in [2.45, 2.75) is 45.1 Å². The van der Waals surface area contributed by atoms with Crippen LogP contribution in [0.2, 0.25) is 0 Å². The molecule has 0 bridgehead atoms. The number of hydrogen-bond acceptors (Lipinski definition) is 5. The highest BCUT2D eigenvalue weighted by molar-refractivity contribution is 5.83. The first-order valence-electron chi connectivity index (χ1n) is 9.62. The smallest absolute Gasteiger partial charge is 0.226 e. The van der Waals surface area contributed by atoms with Gasteiger partial charge < -0.3 is 15.1 Å². The van der Waals surface area contributed by atoms with Gasteiger partial charge >= 0.3 is 0 Å². The Kier molecular flexibility index (Phi) is 4.40. The maximum atomic E-state index is 12.9. The van der Waals surface area contributed by atoms with Gasteiger partial charge in [-0.1, -0.05) is 0 Å². The third-order valence-electron chi connectivity index (χ3n) is 6.56. The number of carbonyl (C=O) groups is 1. The predicted molar refractivity (Wildman–Crippen MR) is 97.4 cm³/mol. The standard InChI is InChI=1S/C19H29N5O/c1-14-3-4-17(22-21-14)23(2)15-5-11-24(12-6-15)18(25)16-13-19(16)7-9-20-10-8-19/h3-4,15-16,20H,5-13H2,1-2H3. The summed E-state index contributed by atoms with van der Waals surface area (Å²) in [5.41, 5.74) is 1.28. The Morgan fingerprint density at radius 1 is 1.24 bits per heavy atom. The largest absolute Gasteiger partial charge is 0.355 e. The number of carbonyl (C=O) groups excluding carboxylic acids is 1. The second kappa shape index (κ2) is 6.56. The minimum atomic E-state index is 0.298. The SMILES string of the molecule is Cc1ccc(N(C)C2CCN(C(=O)C3CC34CCNCC4)CC2)nn1. The van der Waals surface area contributed by atoms with Crippen molar-refractivity contribution in [2.75, 3.05) is 38.1 Å². The second-order valence-corrected chi connectivity index (χ2v) is 8.07. The lowest BCUT2D eigenvalue weighted by Gasteiger charge is -2.37. The first kappa shape index (κ1) is 16.8. The van der Waals surface area contributed by atoms with Crippen LogP contribution in [0, 0.1) is 18.3 Å². The van der Waals surface area contributed by atoms with Crippen molar-refractivity contribution in [3.05, 3.63) is 17.8 Å². The molecule has 1 N–H and O–H groups in total. The molecule has 1 spiro atoms. The van der Waals surface area contributed by atoms with Crippen molar-refractivity contribution >= 4 is 11.7 Å². The fourth-order valence-electron chi connectivity index (χ4n) is 4.64. The van der Waals surface area contributed by atoms with E-state index >= 15 is 0 Å². The van der Waals surface area contributed by atoms with Gasteiger partial charge in [0.2, 0.25) is 5.91 Å². The first-order valence-corrected chi connectivity index (χ1v) is 9.62. The highest BCUT2D eigenvalue weighted by Crippen LogP contribution is 2.59. The van der Waals surface area contributed by atoms with Gasteiger partial charge in [0, 0.05) is 32.1 Å². The Morgan fingerprint density at radius 2 is 1.96 bits per heavy atom. The van der Waals surface area contributed by atoms with Crippen molar-refractivity contribution in [1.29, 1.82) is 0 Å². The molecule has 3 heterocycles. The van der Waals surface area contributed by atoms with E-state index in [1.54, 1.807) is 0 Å². The average Bonchev–Trinajstić information content (AvgIpc) is 3.34. The van der Waals surface area contributed by atoms with Crippen molar-refractivity contribution < 1.29 is 4.79 Å². The van der Waals surface area contributed by atoms with Gasteiger partial charge in [-0.2, -0.15) is 5.10 Å². The minimum absolute atomic E-state index is 0.298. The number of anilines is 1. The van der Waals surface area contributed by atoms with Crippen molar-refractivity contribution in [3.63, 3.8) is 0 Å². The molecule has 136 valence electrons. The molecule has 6 nitrogen and oxygen atoms in total. The molecule has 1 aromatic rings. The van der Waals surface area contributed by atoms with Gasteiger partial charge in [0.1, 0.15) is 0 Å². The monoisotopic (exact) mass is 343 g/mol. The van der Waals surface area contributed by atoms with E-state index in [1.165, 1.54) is 12.8 Å². The fraction of sp³-hybridized carbons (Fsp3) is 0.737. The summed E-state index contributed by atoms with van der Waals surface area (Å²) in [5.74, 6) is 1.64. The lowest BCUT2D eigenvalue weighted by Crippen LogP contribution is -2.47. The van der Waals surface area contributed by atoms with Crippen LogP contribution >= 0.6 is 0 Å². The average molecular weight is 343 g/mol. The van der Waals surface area contributed by atoms with Gasteiger partial charge in [0.05, 0.1) is 5.69 Å². The highest BCUT2D eigenvalue weighted by Gasteiger charge is 2.58. The van der Waals surface area contributed by atoms with Gasteiger partial charge in [-0.3, -0.25) is 4.79 Å². The predicted octanol–water partition coefficient (Wildman–Crippen LogP) is 1.60. The zero-order valence-electron chi connectivity index (χ0n) is 15.4. The first-order chi connectivity index (χ1) is 12.1. The van der Waals surface area contributed by atoms with Crippen molar-refractivity contribution in [3.8, 4) is 0 Å². The quantitative estimate of drug-likeness (QED) is 0.903. The number of piperidine rings is 2. The molecule has 6 heteroatoms.